The molecule has 0 saturated heterocycles. The number of nitrogens with zero attached hydrogens (tertiary/aromatic N) is 2. The number of nitrogens with one attached hydrogen (secondary N) is 2. The second-order valence-corrected chi connectivity index (χ2v) is 6.15. The van der Waals surface area contributed by atoms with Crippen molar-refractivity contribution in [2.45, 2.75) is 40.2 Å². The number of aryl methyl sites for hydroxylation is 3. The molecular weight excluding hydrogens is 284 g/mol. The van der Waals surface area contributed by atoms with Crippen LogP contribution in [0.2, 0.25) is 0 Å². The van der Waals surface area contributed by atoms with Gasteiger partial charge in [0, 0.05) is 5.69 Å². The van der Waals surface area contributed by atoms with E-state index in [1.807, 2.05) is 39.8 Å². The average Bonchev–Trinajstić information content (AvgIpc) is 2.85. The smallest absolute Gasteiger partial charge is 0.248 e. The van der Waals surface area contributed by atoms with Crippen LogP contribution >= 0.6 is 11.3 Å². The number of rotatable bonds is 5. The molecule has 1 heterocycles. The number of aromatic nitrogens is 2. The van der Waals surface area contributed by atoms with Crippen LogP contribution in [-0.2, 0) is 11.2 Å². The van der Waals surface area contributed by atoms with Gasteiger partial charge in [0.25, 0.3) is 0 Å². The van der Waals surface area contributed by atoms with Crippen molar-refractivity contribution in [2.75, 3.05) is 10.6 Å². The molecule has 1 aromatic heterocycles. The number of carbonyl (C=O) groups excluding carboxylic acids is 1. The zero-order valence-electron chi connectivity index (χ0n) is 12.7. The van der Waals surface area contributed by atoms with Crippen LogP contribution < -0.4 is 10.6 Å². The van der Waals surface area contributed by atoms with Crippen molar-refractivity contribution < 1.29 is 4.79 Å². The third-order valence-corrected chi connectivity index (χ3v) is 3.98. The first kappa shape index (κ1) is 15.4. The fourth-order valence-electron chi connectivity index (χ4n) is 2.03. The number of carbonyl (C=O) groups is 1. The lowest BCUT2D eigenvalue weighted by atomic mass is 10.1. The van der Waals surface area contributed by atoms with Gasteiger partial charge in [-0.3, -0.25) is 10.1 Å². The van der Waals surface area contributed by atoms with Crippen LogP contribution in [0.1, 0.15) is 30.0 Å². The second-order valence-electron chi connectivity index (χ2n) is 5.09. The Morgan fingerprint density at radius 2 is 1.90 bits per heavy atom. The quantitative estimate of drug-likeness (QED) is 0.890. The molecule has 2 rings (SSSR count). The van der Waals surface area contributed by atoms with E-state index in [0.717, 1.165) is 17.1 Å². The van der Waals surface area contributed by atoms with Gasteiger partial charge in [0.1, 0.15) is 11.0 Å². The standard InChI is InChI=1S/C15H20N4OS/c1-5-13-18-19-15(21-13)17-14(20)11(4)16-12-7-9(2)6-10(3)8-12/h6-8,11,16H,5H2,1-4H3,(H,17,19,20)/t11-/m1/s1. The molecule has 1 atom stereocenters. The highest BCUT2D eigenvalue weighted by Crippen LogP contribution is 2.17. The third kappa shape index (κ3) is 4.26. The summed E-state index contributed by atoms with van der Waals surface area (Å²) in [5.74, 6) is -0.118. The molecule has 2 aromatic rings. The van der Waals surface area contributed by atoms with E-state index in [1.54, 1.807) is 0 Å². The van der Waals surface area contributed by atoms with Crippen molar-refractivity contribution in [1.29, 1.82) is 0 Å². The maximum absolute atomic E-state index is 12.1. The molecule has 0 spiro atoms. The summed E-state index contributed by atoms with van der Waals surface area (Å²) in [4.78, 5) is 12.1. The van der Waals surface area contributed by atoms with Crippen LogP contribution in [0.15, 0.2) is 18.2 Å². The fraction of sp³-hybridized carbons (Fsp3) is 0.400. The Balaban J connectivity index is 1.98. The molecular formula is C15H20N4OS. The zero-order chi connectivity index (χ0) is 15.4. The van der Waals surface area contributed by atoms with Crippen molar-refractivity contribution in [3.63, 3.8) is 0 Å². The van der Waals surface area contributed by atoms with Gasteiger partial charge in [-0.25, -0.2) is 0 Å². The zero-order valence-corrected chi connectivity index (χ0v) is 13.5. The van der Waals surface area contributed by atoms with Crippen molar-refractivity contribution >= 4 is 28.1 Å². The summed E-state index contributed by atoms with van der Waals surface area (Å²) < 4.78 is 0. The maximum Gasteiger partial charge on any atom is 0.248 e. The van der Waals surface area contributed by atoms with Gasteiger partial charge < -0.3 is 5.32 Å². The molecule has 5 nitrogen and oxygen atoms in total. The first-order valence-corrected chi connectivity index (χ1v) is 7.77. The molecule has 21 heavy (non-hydrogen) atoms. The Hall–Kier alpha value is -1.95. The third-order valence-electron chi connectivity index (χ3n) is 3.00. The van der Waals surface area contributed by atoms with Crippen LogP contribution in [0.5, 0.6) is 0 Å². The molecule has 1 aromatic carbocycles. The first-order valence-electron chi connectivity index (χ1n) is 6.96. The lowest BCUT2D eigenvalue weighted by Crippen LogP contribution is -2.31. The van der Waals surface area contributed by atoms with Gasteiger partial charge in [-0.2, -0.15) is 0 Å². The molecule has 0 saturated carbocycles. The number of anilines is 2. The Bertz CT molecular complexity index is 618. The highest BCUT2D eigenvalue weighted by atomic mass is 32.1. The Labute approximate surface area is 128 Å². The molecule has 0 unspecified atom stereocenters. The van der Waals surface area contributed by atoms with Gasteiger partial charge in [-0.05, 0) is 50.5 Å². The predicted octanol–water partition coefficient (Wildman–Crippen LogP) is 3.16. The fourth-order valence-corrected chi connectivity index (χ4v) is 2.72. The number of benzene rings is 1. The molecule has 0 fully saturated rings. The molecule has 0 radical (unpaired) electrons. The van der Waals surface area contributed by atoms with Crippen LogP contribution in [0.4, 0.5) is 10.8 Å². The molecule has 6 heteroatoms. The summed E-state index contributed by atoms with van der Waals surface area (Å²) in [6, 6.07) is 5.80. The van der Waals surface area contributed by atoms with Crippen LogP contribution in [0, 0.1) is 13.8 Å². The Morgan fingerprint density at radius 3 is 2.48 bits per heavy atom. The topological polar surface area (TPSA) is 66.9 Å². The van der Waals surface area contributed by atoms with Crippen molar-refractivity contribution in [3.8, 4) is 0 Å². The number of amides is 1. The van der Waals surface area contributed by atoms with Crippen molar-refractivity contribution in [1.82, 2.24) is 10.2 Å². The molecule has 0 aliphatic heterocycles. The van der Waals surface area contributed by atoms with E-state index in [9.17, 15) is 4.79 Å². The normalized spacial score (nSPS) is 12.0. The highest BCUT2D eigenvalue weighted by Gasteiger charge is 2.15. The van der Waals surface area contributed by atoms with E-state index in [0.29, 0.717) is 5.13 Å². The van der Waals surface area contributed by atoms with Crippen LogP contribution in [-0.4, -0.2) is 22.1 Å². The summed E-state index contributed by atoms with van der Waals surface area (Å²) >= 11 is 1.41. The maximum atomic E-state index is 12.1. The van der Waals surface area contributed by atoms with E-state index in [2.05, 4.69) is 26.9 Å². The van der Waals surface area contributed by atoms with Crippen LogP contribution in [0.25, 0.3) is 0 Å². The average molecular weight is 304 g/mol. The number of hydrogen-bond acceptors (Lipinski definition) is 5. The lowest BCUT2D eigenvalue weighted by molar-refractivity contribution is -0.116. The number of hydrogen-bond donors (Lipinski definition) is 2. The van der Waals surface area contributed by atoms with Crippen molar-refractivity contribution in [3.05, 3.63) is 34.3 Å². The van der Waals surface area contributed by atoms with E-state index in [-0.39, 0.29) is 11.9 Å². The minimum absolute atomic E-state index is 0.118. The second kappa shape index (κ2) is 6.67. The van der Waals surface area contributed by atoms with Gasteiger partial charge in [-0.1, -0.05) is 24.3 Å². The van der Waals surface area contributed by atoms with E-state index in [1.165, 1.54) is 22.5 Å². The minimum Gasteiger partial charge on any atom is -0.374 e. The van der Waals surface area contributed by atoms with E-state index in [4.69, 9.17) is 0 Å². The van der Waals surface area contributed by atoms with Crippen molar-refractivity contribution in [2.24, 2.45) is 0 Å². The predicted molar refractivity (Wildman–Crippen MR) is 86.9 cm³/mol. The molecule has 0 aliphatic carbocycles. The molecule has 2 N–H and O–H groups in total. The summed E-state index contributed by atoms with van der Waals surface area (Å²) in [6.07, 6.45) is 0.823. The van der Waals surface area contributed by atoms with E-state index >= 15 is 0 Å². The van der Waals surface area contributed by atoms with Gasteiger partial charge in [0.05, 0.1) is 0 Å². The minimum atomic E-state index is -0.347. The van der Waals surface area contributed by atoms with Crippen LogP contribution in [0.3, 0.4) is 0 Å². The first-order chi connectivity index (χ1) is 9.97. The van der Waals surface area contributed by atoms with Gasteiger partial charge >= 0.3 is 0 Å². The van der Waals surface area contributed by atoms with Gasteiger partial charge in [0.2, 0.25) is 11.0 Å². The SMILES string of the molecule is CCc1nnc(NC(=O)[C@@H](C)Nc2cc(C)cc(C)c2)s1. The molecule has 0 bridgehead atoms. The lowest BCUT2D eigenvalue weighted by Gasteiger charge is -2.15. The van der Waals surface area contributed by atoms with E-state index < -0.39 is 0 Å². The van der Waals surface area contributed by atoms with Gasteiger partial charge in [-0.15, -0.1) is 10.2 Å². The molecule has 1 amide bonds. The summed E-state index contributed by atoms with van der Waals surface area (Å²) in [6.45, 7) is 7.91. The summed E-state index contributed by atoms with van der Waals surface area (Å²) in [7, 11) is 0. The molecule has 112 valence electrons. The summed E-state index contributed by atoms with van der Waals surface area (Å²) in [5, 5.41) is 15.4. The Kier molecular flexibility index (Phi) is 4.90. The highest BCUT2D eigenvalue weighted by molar-refractivity contribution is 7.15. The monoisotopic (exact) mass is 304 g/mol. The largest absolute Gasteiger partial charge is 0.374 e. The Morgan fingerprint density at radius 1 is 1.24 bits per heavy atom. The molecule has 0 aliphatic rings. The van der Waals surface area contributed by atoms with Gasteiger partial charge in [0.15, 0.2) is 0 Å². The summed E-state index contributed by atoms with van der Waals surface area (Å²) in [5.41, 5.74) is 3.28.